The summed E-state index contributed by atoms with van der Waals surface area (Å²) in [5.41, 5.74) is 6.70. The second-order valence-electron chi connectivity index (χ2n) is 7.66. The maximum atomic E-state index is 13.0. The minimum absolute atomic E-state index is 0.121. The van der Waals surface area contributed by atoms with Crippen molar-refractivity contribution >= 4 is 80.8 Å². The Bertz CT molecular complexity index is 1340. The molecule has 0 aromatic carbocycles. The van der Waals surface area contributed by atoms with Gasteiger partial charge in [-0.1, -0.05) is 16.9 Å². The highest BCUT2D eigenvalue weighted by Gasteiger charge is 2.54. The van der Waals surface area contributed by atoms with Crippen molar-refractivity contribution in [2.24, 2.45) is 5.16 Å². The van der Waals surface area contributed by atoms with E-state index in [2.05, 4.69) is 20.4 Å². The highest BCUT2D eigenvalue weighted by molar-refractivity contribution is 8.01. The third kappa shape index (κ3) is 5.58. The molecule has 2 amide bonds. The van der Waals surface area contributed by atoms with Crippen LogP contribution < -0.4 is 11.1 Å². The van der Waals surface area contributed by atoms with Crippen molar-refractivity contribution in [2.45, 2.75) is 29.1 Å². The maximum Gasteiger partial charge on any atom is 0.352 e. The van der Waals surface area contributed by atoms with Gasteiger partial charge in [-0.15, -0.1) is 34.4 Å². The summed E-state index contributed by atoms with van der Waals surface area (Å²) < 4.78 is 0.617. The average molecular weight is 585 g/mol. The Morgan fingerprint density at radius 3 is 2.73 bits per heavy atom. The number of hydrogen-bond donors (Lipinski definition) is 4. The zero-order valence-corrected chi connectivity index (χ0v) is 22.6. The molecule has 0 spiro atoms. The second kappa shape index (κ2) is 11.1. The molecule has 37 heavy (non-hydrogen) atoms. The van der Waals surface area contributed by atoms with Gasteiger partial charge in [0.1, 0.15) is 29.9 Å². The van der Waals surface area contributed by atoms with Gasteiger partial charge >= 0.3 is 11.9 Å². The molecule has 2 atom stereocenters. The van der Waals surface area contributed by atoms with E-state index in [0.29, 0.717) is 26.2 Å². The molecule has 17 heteroatoms. The van der Waals surface area contributed by atoms with Gasteiger partial charge < -0.3 is 26.1 Å². The summed E-state index contributed by atoms with van der Waals surface area (Å²) in [5, 5.41) is 26.3. The summed E-state index contributed by atoms with van der Waals surface area (Å²) in [6, 6.07) is -0.959. The molecule has 4 rings (SSSR count). The number of fused-ring (bicyclic) bond motifs is 1. The van der Waals surface area contributed by atoms with Crippen molar-refractivity contribution in [3.05, 3.63) is 32.9 Å². The molecule has 2 aliphatic rings. The fourth-order valence-electron chi connectivity index (χ4n) is 3.61. The van der Waals surface area contributed by atoms with Crippen molar-refractivity contribution in [3.8, 4) is 0 Å². The number of nitrogens with one attached hydrogen (secondary N) is 1. The van der Waals surface area contributed by atoms with Gasteiger partial charge in [0.25, 0.3) is 11.8 Å². The summed E-state index contributed by atoms with van der Waals surface area (Å²) in [4.78, 5) is 63.9. The standard InChI is InChI=1S/C20H20N6O7S4/c1-7-10(3-11(27)28)37-20(22-7)36-5-8-4-34-17-13(16(30)26(17)14(8)18(31)32)24-15(29)12(25-33-2)9-6-35-19(21)23-9/h6,13,17H,3-5H2,1-2H3,(H2,21,23)(H,24,29)(H,27,28)(H,31,32)/b25-12-. The van der Waals surface area contributed by atoms with Crippen LogP contribution in [0, 0.1) is 6.92 Å². The first kappa shape index (κ1) is 26.9. The van der Waals surface area contributed by atoms with Crippen LogP contribution in [0.15, 0.2) is 26.1 Å². The number of aromatic nitrogens is 2. The van der Waals surface area contributed by atoms with E-state index in [9.17, 15) is 24.3 Å². The quantitative estimate of drug-likeness (QED) is 0.134. The Labute approximate surface area is 226 Å². The number of aliphatic carboxylic acids is 2. The molecular weight excluding hydrogens is 565 g/mol. The molecule has 1 fully saturated rings. The lowest BCUT2D eigenvalue weighted by Gasteiger charge is -2.49. The first-order valence-electron chi connectivity index (χ1n) is 10.4. The normalized spacial score (nSPS) is 19.4. The van der Waals surface area contributed by atoms with Crippen LogP contribution in [-0.4, -0.2) is 84.6 Å². The number of aryl methyl sites for hydroxylation is 1. The molecule has 13 nitrogen and oxygen atoms in total. The molecule has 0 radical (unpaired) electrons. The van der Waals surface area contributed by atoms with E-state index in [1.807, 2.05) is 0 Å². The maximum absolute atomic E-state index is 13.0. The van der Waals surface area contributed by atoms with E-state index >= 15 is 0 Å². The number of nitrogens with two attached hydrogens (primary N) is 1. The fourth-order valence-corrected chi connectivity index (χ4v) is 7.87. The van der Waals surface area contributed by atoms with E-state index in [1.54, 1.807) is 6.92 Å². The smallest absolute Gasteiger partial charge is 0.352 e. The highest BCUT2D eigenvalue weighted by atomic mass is 32.2. The number of anilines is 1. The number of thiazole rings is 2. The van der Waals surface area contributed by atoms with E-state index in [-0.39, 0.29) is 34.4 Å². The van der Waals surface area contributed by atoms with Gasteiger partial charge in [0.15, 0.2) is 15.2 Å². The number of hydrogen-bond acceptors (Lipinski definition) is 13. The van der Waals surface area contributed by atoms with Crippen molar-refractivity contribution < 1.29 is 34.2 Å². The molecule has 2 unspecified atom stereocenters. The summed E-state index contributed by atoms with van der Waals surface area (Å²) in [6.45, 7) is 1.72. The Hall–Kier alpha value is -3.15. The average Bonchev–Trinajstić information content (AvgIpc) is 3.42. The molecule has 1 saturated heterocycles. The van der Waals surface area contributed by atoms with Crippen molar-refractivity contribution in [3.63, 3.8) is 0 Å². The second-order valence-corrected chi connectivity index (χ2v) is 12.0. The zero-order chi connectivity index (χ0) is 26.9. The molecule has 0 saturated carbocycles. The number of carbonyl (C=O) groups is 4. The number of nitrogen functional groups attached to an aromatic ring is 1. The third-order valence-electron chi connectivity index (χ3n) is 5.25. The van der Waals surface area contributed by atoms with Gasteiger partial charge in [-0.3, -0.25) is 19.3 Å². The first-order chi connectivity index (χ1) is 17.6. The number of carboxylic acids is 2. The number of carboxylic acid groups (broad SMARTS) is 2. The van der Waals surface area contributed by atoms with E-state index in [4.69, 9.17) is 15.7 Å². The Balaban J connectivity index is 1.47. The molecule has 0 bridgehead atoms. The zero-order valence-electron chi connectivity index (χ0n) is 19.3. The third-order valence-corrected chi connectivity index (χ3v) is 9.65. The van der Waals surface area contributed by atoms with Crippen LogP contribution in [0.5, 0.6) is 0 Å². The number of oxime groups is 1. The van der Waals surface area contributed by atoms with Crippen molar-refractivity contribution in [2.75, 3.05) is 24.3 Å². The molecule has 196 valence electrons. The largest absolute Gasteiger partial charge is 0.481 e. The summed E-state index contributed by atoms with van der Waals surface area (Å²) >= 11 is 4.98. The van der Waals surface area contributed by atoms with Gasteiger partial charge in [0.05, 0.1) is 12.1 Å². The van der Waals surface area contributed by atoms with Crippen LogP contribution in [0.25, 0.3) is 0 Å². The molecule has 2 aliphatic heterocycles. The van der Waals surface area contributed by atoms with Crippen LogP contribution in [-0.2, 0) is 30.4 Å². The lowest BCUT2D eigenvalue weighted by molar-refractivity contribution is -0.150. The Morgan fingerprint density at radius 2 is 2.11 bits per heavy atom. The topological polar surface area (TPSA) is 197 Å². The van der Waals surface area contributed by atoms with Crippen molar-refractivity contribution in [1.29, 1.82) is 0 Å². The number of rotatable bonds is 10. The van der Waals surface area contributed by atoms with Crippen molar-refractivity contribution in [1.82, 2.24) is 20.2 Å². The van der Waals surface area contributed by atoms with Gasteiger partial charge in [0.2, 0.25) is 0 Å². The van der Waals surface area contributed by atoms with Gasteiger partial charge in [0, 0.05) is 21.8 Å². The molecule has 2 aromatic rings. The number of carbonyl (C=O) groups excluding carboxylic acids is 2. The van der Waals surface area contributed by atoms with Gasteiger partial charge in [-0.2, -0.15) is 0 Å². The minimum atomic E-state index is -1.25. The number of amides is 2. The molecule has 2 aromatic heterocycles. The number of nitrogens with zero attached hydrogens (tertiary/aromatic N) is 4. The minimum Gasteiger partial charge on any atom is -0.481 e. The van der Waals surface area contributed by atoms with E-state index in [0.717, 1.165) is 11.3 Å². The lowest BCUT2D eigenvalue weighted by atomic mass is 10.0. The molecule has 0 aliphatic carbocycles. The monoisotopic (exact) mass is 584 g/mol. The predicted molar refractivity (Wildman–Crippen MR) is 139 cm³/mol. The van der Waals surface area contributed by atoms with Gasteiger partial charge in [-0.05, 0) is 12.5 Å². The highest BCUT2D eigenvalue weighted by Crippen LogP contribution is 2.42. The molecule has 4 heterocycles. The number of thioether (sulfide) groups is 2. The van der Waals surface area contributed by atoms with Crippen LogP contribution in [0.2, 0.25) is 0 Å². The van der Waals surface area contributed by atoms with Crippen LogP contribution in [0.4, 0.5) is 5.13 Å². The number of β-lactam (4-membered cyclic amide) rings is 1. The SMILES string of the molecule is CO/N=C(\C(=O)NC1C(=O)N2C(C(=O)O)=C(CSc3nc(C)c(CC(=O)O)s3)CSC12)c1csc(N)n1. The molecular formula is C20H20N6O7S4. The summed E-state index contributed by atoms with van der Waals surface area (Å²) in [6.07, 6.45) is -0.132. The van der Waals surface area contributed by atoms with Gasteiger partial charge in [-0.25, -0.2) is 14.8 Å². The molecule has 5 N–H and O–H groups in total. The summed E-state index contributed by atoms with van der Waals surface area (Å²) in [7, 11) is 1.26. The van der Waals surface area contributed by atoms with Crippen LogP contribution in [0.3, 0.4) is 0 Å². The van der Waals surface area contributed by atoms with Crippen LogP contribution >= 0.6 is 46.2 Å². The fraction of sp³-hybridized carbons (Fsp3) is 0.350. The summed E-state index contributed by atoms with van der Waals surface area (Å²) in [5.74, 6) is -2.89. The predicted octanol–water partition coefficient (Wildman–Crippen LogP) is 0.999. The Morgan fingerprint density at radius 1 is 1.35 bits per heavy atom. The Kier molecular flexibility index (Phi) is 8.05. The first-order valence-corrected chi connectivity index (χ1v) is 14.2. The van der Waals surface area contributed by atoms with Crippen LogP contribution in [0.1, 0.15) is 16.3 Å². The lowest BCUT2D eigenvalue weighted by Crippen LogP contribution is -2.71. The van der Waals surface area contributed by atoms with E-state index in [1.165, 1.54) is 52.3 Å². The van der Waals surface area contributed by atoms with E-state index < -0.39 is 35.2 Å².